The van der Waals surface area contributed by atoms with Crippen LogP contribution in [0.4, 0.5) is 0 Å². The molecule has 0 spiro atoms. The summed E-state index contributed by atoms with van der Waals surface area (Å²) < 4.78 is 1.68. The van der Waals surface area contributed by atoms with Gasteiger partial charge in [-0.2, -0.15) is 0 Å². The molecule has 7 heteroatoms. The van der Waals surface area contributed by atoms with E-state index in [2.05, 4.69) is 4.98 Å². The minimum atomic E-state index is -0.0346. The van der Waals surface area contributed by atoms with Gasteiger partial charge in [-0.1, -0.05) is 48.2 Å². The lowest BCUT2D eigenvalue weighted by atomic mass is 9.97. The maximum atomic E-state index is 13.8. The van der Waals surface area contributed by atoms with Crippen LogP contribution in [0.15, 0.2) is 70.7 Å². The van der Waals surface area contributed by atoms with Gasteiger partial charge in [0.2, 0.25) is 0 Å². The third-order valence-electron chi connectivity index (χ3n) is 6.19. The van der Waals surface area contributed by atoms with Crippen molar-refractivity contribution >= 4 is 50.0 Å². The number of aryl methyl sites for hydroxylation is 2. The lowest BCUT2D eigenvalue weighted by molar-refractivity contribution is 0.102. The maximum absolute atomic E-state index is 13.8. The van der Waals surface area contributed by atoms with Gasteiger partial charge in [0.15, 0.2) is 10.9 Å². The lowest BCUT2D eigenvalue weighted by Crippen LogP contribution is -2.22. The number of H-pyrrole nitrogens is 1. The smallest absolute Gasteiger partial charge is 0.267 e. The molecule has 1 aliphatic carbocycles. The molecule has 1 aliphatic rings. The first-order valence-electron chi connectivity index (χ1n) is 11.1. The minimum absolute atomic E-state index is 0.0110. The molecule has 5 nitrogen and oxygen atoms in total. The van der Waals surface area contributed by atoms with Crippen molar-refractivity contribution in [2.45, 2.75) is 30.8 Å². The average Bonchev–Trinajstić information content (AvgIpc) is 3.45. The summed E-state index contributed by atoms with van der Waals surface area (Å²) in [7, 11) is 0. The van der Waals surface area contributed by atoms with Crippen LogP contribution in [0.5, 0.6) is 0 Å². The first kappa shape index (κ1) is 20.4. The van der Waals surface area contributed by atoms with Gasteiger partial charge < -0.3 is 4.98 Å². The van der Waals surface area contributed by atoms with Crippen LogP contribution in [0.2, 0.25) is 0 Å². The van der Waals surface area contributed by atoms with Crippen molar-refractivity contribution in [3.8, 4) is 5.69 Å². The molecule has 2 aromatic carbocycles. The highest BCUT2D eigenvalue weighted by atomic mass is 32.2. The molecule has 3 aromatic heterocycles. The van der Waals surface area contributed by atoms with Gasteiger partial charge in [0.05, 0.1) is 16.8 Å². The molecule has 0 aliphatic heterocycles. The van der Waals surface area contributed by atoms with Crippen molar-refractivity contribution in [3.05, 3.63) is 87.2 Å². The summed E-state index contributed by atoms with van der Waals surface area (Å²) in [5.74, 6) is 0.217. The number of nitrogens with one attached hydrogen (secondary N) is 1. The average molecular weight is 472 g/mol. The Balaban J connectivity index is 1.43. The highest BCUT2D eigenvalue weighted by molar-refractivity contribution is 7.99. The Hall–Kier alpha value is -3.16. The van der Waals surface area contributed by atoms with Gasteiger partial charge in [-0.05, 0) is 49.4 Å². The van der Waals surface area contributed by atoms with Crippen LogP contribution in [0.25, 0.3) is 26.8 Å². The van der Waals surface area contributed by atoms with E-state index < -0.39 is 0 Å². The van der Waals surface area contributed by atoms with Crippen LogP contribution in [0.3, 0.4) is 0 Å². The number of aromatic amines is 1. The normalized spacial score (nSPS) is 13.5. The summed E-state index contributed by atoms with van der Waals surface area (Å²) in [6, 6.07) is 17.4. The molecule has 0 bridgehead atoms. The summed E-state index contributed by atoms with van der Waals surface area (Å²) in [4.78, 5) is 37.0. The van der Waals surface area contributed by atoms with Crippen molar-refractivity contribution in [2.75, 3.05) is 5.75 Å². The zero-order chi connectivity index (χ0) is 22.4. The number of hydrogen-bond acceptors (Lipinski definition) is 5. The first-order chi connectivity index (χ1) is 16.2. The zero-order valence-corrected chi connectivity index (χ0v) is 19.5. The van der Waals surface area contributed by atoms with Gasteiger partial charge in [0.25, 0.3) is 5.56 Å². The van der Waals surface area contributed by atoms with E-state index in [0.29, 0.717) is 10.7 Å². The van der Waals surface area contributed by atoms with Crippen molar-refractivity contribution in [1.82, 2.24) is 14.5 Å². The van der Waals surface area contributed by atoms with Crippen LogP contribution < -0.4 is 5.56 Å². The van der Waals surface area contributed by atoms with E-state index in [1.807, 2.05) is 54.6 Å². The summed E-state index contributed by atoms with van der Waals surface area (Å²) in [5.41, 5.74) is 3.52. The Labute approximate surface area is 198 Å². The van der Waals surface area contributed by atoms with Crippen LogP contribution in [0.1, 0.15) is 33.6 Å². The number of para-hydroxylation sites is 2. The van der Waals surface area contributed by atoms with Crippen LogP contribution in [-0.2, 0) is 12.8 Å². The lowest BCUT2D eigenvalue weighted by Gasteiger charge is -2.13. The SMILES string of the molecule is O=C(CSc1nc2sc3c(c2c(=O)n1-c1ccccc1)CCCC3)c1c[nH]c2ccccc12. The molecule has 6 rings (SSSR count). The molecule has 0 radical (unpaired) electrons. The van der Waals surface area contributed by atoms with Gasteiger partial charge in [-0.25, -0.2) is 4.98 Å². The van der Waals surface area contributed by atoms with E-state index in [4.69, 9.17) is 4.98 Å². The highest BCUT2D eigenvalue weighted by Crippen LogP contribution is 2.35. The Morgan fingerprint density at radius 1 is 1.06 bits per heavy atom. The number of rotatable bonds is 5. The second-order valence-corrected chi connectivity index (χ2v) is 10.2. The van der Waals surface area contributed by atoms with E-state index >= 15 is 0 Å². The molecular formula is C26H21N3O2S2. The predicted octanol–water partition coefficient (Wildman–Crippen LogP) is 5.78. The molecule has 3 heterocycles. The number of nitrogens with zero attached hydrogens (tertiary/aromatic N) is 2. The second-order valence-electron chi connectivity index (χ2n) is 8.22. The molecule has 0 unspecified atom stereocenters. The van der Waals surface area contributed by atoms with Gasteiger partial charge in [-0.3, -0.25) is 14.2 Å². The van der Waals surface area contributed by atoms with Gasteiger partial charge >= 0.3 is 0 Å². The van der Waals surface area contributed by atoms with E-state index in [0.717, 1.165) is 52.5 Å². The predicted molar refractivity (Wildman–Crippen MR) is 135 cm³/mol. The molecule has 164 valence electrons. The quantitative estimate of drug-likeness (QED) is 0.200. The number of Topliss-reactive ketones (excluding diaryl/α,β-unsaturated/α-hetero) is 1. The molecule has 0 fully saturated rings. The molecular weight excluding hydrogens is 450 g/mol. The van der Waals surface area contributed by atoms with Crippen molar-refractivity contribution in [1.29, 1.82) is 0 Å². The fourth-order valence-corrected chi connectivity index (χ4v) is 6.80. The molecule has 0 saturated heterocycles. The summed E-state index contributed by atoms with van der Waals surface area (Å²) in [6.45, 7) is 0. The van der Waals surface area contributed by atoms with E-state index in [9.17, 15) is 9.59 Å². The number of fused-ring (bicyclic) bond motifs is 4. The van der Waals surface area contributed by atoms with Gasteiger partial charge in [0, 0.05) is 27.5 Å². The summed E-state index contributed by atoms with van der Waals surface area (Å²) in [5, 5.41) is 2.23. The largest absolute Gasteiger partial charge is 0.360 e. The molecule has 5 aromatic rings. The van der Waals surface area contributed by atoms with Crippen LogP contribution in [-0.4, -0.2) is 26.1 Å². The second kappa shape index (κ2) is 8.32. The monoisotopic (exact) mass is 471 g/mol. The number of benzene rings is 2. The number of carbonyl (C=O) groups excluding carboxylic acids is 1. The Bertz CT molecular complexity index is 1560. The number of thioether (sulfide) groups is 1. The zero-order valence-electron chi connectivity index (χ0n) is 17.8. The third-order valence-corrected chi connectivity index (χ3v) is 8.32. The van der Waals surface area contributed by atoms with Crippen molar-refractivity contribution in [3.63, 3.8) is 0 Å². The molecule has 0 saturated carbocycles. The number of hydrogen-bond donors (Lipinski definition) is 1. The van der Waals surface area contributed by atoms with Crippen LogP contribution >= 0.6 is 23.1 Å². The fraction of sp³-hybridized carbons (Fsp3) is 0.192. The van der Waals surface area contributed by atoms with Crippen molar-refractivity contribution < 1.29 is 4.79 Å². The molecule has 0 amide bonds. The van der Waals surface area contributed by atoms with E-state index in [1.54, 1.807) is 22.1 Å². The minimum Gasteiger partial charge on any atom is -0.360 e. The topological polar surface area (TPSA) is 67.8 Å². The number of ketones is 1. The highest BCUT2D eigenvalue weighted by Gasteiger charge is 2.23. The molecule has 33 heavy (non-hydrogen) atoms. The number of aromatic nitrogens is 3. The Kier molecular flexibility index (Phi) is 5.15. The number of carbonyl (C=O) groups is 1. The summed E-state index contributed by atoms with van der Waals surface area (Å²) >= 11 is 2.96. The standard InChI is InChI=1S/C26H21N3O2S2/c30-21(19-14-27-20-12-6-4-10-17(19)20)15-32-26-28-24-23(18-11-5-7-13-22(18)33-24)25(31)29(26)16-8-2-1-3-9-16/h1-4,6,8-10,12,14,27H,5,7,11,13,15H2. The first-order valence-corrected chi connectivity index (χ1v) is 12.9. The van der Waals surface area contributed by atoms with E-state index in [-0.39, 0.29) is 17.1 Å². The third kappa shape index (κ3) is 3.52. The number of thiophene rings is 1. The van der Waals surface area contributed by atoms with Crippen LogP contribution in [0, 0.1) is 0 Å². The summed E-state index contributed by atoms with van der Waals surface area (Å²) in [6.07, 6.45) is 5.99. The van der Waals surface area contributed by atoms with E-state index in [1.165, 1.54) is 22.2 Å². The Morgan fingerprint density at radius 3 is 2.73 bits per heavy atom. The fourth-order valence-electron chi connectivity index (χ4n) is 4.60. The molecule has 0 atom stereocenters. The van der Waals surface area contributed by atoms with Gasteiger partial charge in [0.1, 0.15) is 4.83 Å². The van der Waals surface area contributed by atoms with Crippen molar-refractivity contribution in [2.24, 2.45) is 0 Å². The van der Waals surface area contributed by atoms with Gasteiger partial charge in [-0.15, -0.1) is 11.3 Å². The maximum Gasteiger partial charge on any atom is 0.267 e. The Morgan fingerprint density at radius 2 is 1.85 bits per heavy atom. The molecule has 1 N–H and O–H groups in total.